The summed E-state index contributed by atoms with van der Waals surface area (Å²) in [5.41, 5.74) is 7.44. The Labute approximate surface area is 131 Å². The first-order chi connectivity index (χ1) is 10.0. The lowest BCUT2D eigenvalue weighted by Crippen LogP contribution is -2.12. The number of rotatable bonds is 4. The monoisotopic (exact) mass is 350 g/mol. The molecule has 0 fully saturated rings. The summed E-state index contributed by atoms with van der Waals surface area (Å²) in [4.78, 5) is 12.2. The second-order valence-corrected chi connectivity index (χ2v) is 5.11. The summed E-state index contributed by atoms with van der Waals surface area (Å²) >= 11 is 3.32. The van der Waals surface area contributed by atoms with Crippen LogP contribution >= 0.6 is 15.9 Å². The third-order valence-corrected chi connectivity index (χ3v) is 3.59. The van der Waals surface area contributed by atoms with Crippen LogP contribution in [0.15, 0.2) is 40.9 Å². The first-order valence-corrected chi connectivity index (χ1v) is 6.93. The van der Waals surface area contributed by atoms with E-state index >= 15 is 0 Å². The lowest BCUT2D eigenvalue weighted by atomic mass is 10.2. The van der Waals surface area contributed by atoms with Gasteiger partial charge < -0.3 is 20.5 Å². The SMILES string of the molecule is COc1ccc(C(=O)Nc2ccc(N)c(Br)c2)cc1OC. The van der Waals surface area contributed by atoms with Crippen LogP contribution in [0.2, 0.25) is 0 Å². The average molecular weight is 351 g/mol. The van der Waals surface area contributed by atoms with Gasteiger partial charge in [0, 0.05) is 21.4 Å². The third kappa shape index (κ3) is 3.46. The normalized spacial score (nSPS) is 10.0. The van der Waals surface area contributed by atoms with Gasteiger partial charge in [0.2, 0.25) is 0 Å². The Kier molecular flexibility index (Phi) is 4.70. The minimum Gasteiger partial charge on any atom is -0.493 e. The van der Waals surface area contributed by atoms with Gasteiger partial charge in [-0.15, -0.1) is 0 Å². The van der Waals surface area contributed by atoms with E-state index in [0.29, 0.717) is 28.4 Å². The number of halogens is 1. The zero-order valence-electron chi connectivity index (χ0n) is 11.6. The molecule has 5 nitrogen and oxygen atoms in total. The van der Waals surface area contributed by atoms with Crippen LogP contribution < -0.4 is 20.5 Å². The van der Waals surface area contributed by atoms with E-state index in [9.17, 15) is 4.79 Å². The molecule has 0 heterocycles. The van der Waals surface area contributed by atoms with E-state index in [-0.39, 0.29) is 5.91 Å². The highest BCUT2D eigenvalue weighted by molar-refractivity contribution is 9.10. The van der Waals surface area contributed by atoms with Crippen molar-refractivity contribution in [3.05, 3.63) is 46.4 Å². The van der Waals surface area contributed by atoms with Gasteiger partial charge in [-0.3, -0.25) is 4.79 Å². The predicted molar refractivity (Wildman–Crippen MR) is 86.1 cm³/mol. The second-order valence-electron chi connectivity index (χ2n) is 4.26. The zero-order chi connectivity index (χ0) is 15.4. The van der Waals surface area contributed by atoms with Gasteiger partial charge in [-0.1, -0.05) is 0 Å². The highest BCUT2D eigenvalue weighted by Gasteiger charge is 2.11. The first-order valence-electron chi connectivity index (χ1n) is 6.13. The van der Waals surface area contributed by atoms with Crippen LogP contribution in [0.25, 0.3) is 0 Å². The fourth-order valence-corrected chi connectivity index (χ4v) is 2.16. The van der Waals surface area contributed by atoms with Gasteiger partial charge in [-0.05, 0) is 52.3 Å². The van der Waals surface area contributed by atoms with Gasteiger partial charge in [-0.2, -0.15) is 0 Å². The Morgan fingerprint density at radius 2 is 1.81 bits per heavy atom. The van der Waals surface area contributed by atoms with Crippen LogP contribution in [0, 0.1) is 0 Å². The van der Waals surface area contributed by atoms with Gasteiger partial charge >= 0.3 is 0 Å². The summed E-state index contributed by atoms with van der Waals surface area (Å²) in [5, 5.41) is 2.79. The number of carbonyl (C=O) groups excluding carboxylic acids is 1. The maximum absolute atomic E-state index is 12.2. The number of benzene rings is 2. The molecule has 6 heteroatoms. The van der Waals surface area contributed by atoms with Crippen molar-refractivity contribution in [2.75, 3.05) is 25.3 Å². The van der Waals surface area contributed by atoms with E-state index in [4.69, 9.17) is 15.2 Å². The van der Waals surface area contributed by atoms with Crippen LogP contribution in [0.3, 0.4) is 0 Å². The fourth-order valence-electron chi connectivity index (χ4n) is 1.79. The Morgan fingerprint density at radius 1 is 1.10 bits per heavy atom. The van der Waals surface area contributed by atoms with Crippen LogP contribution in [-0.2, 0) is 0 Å². The summed E-state index contributed by atoms with van der Waals surface area (Å²) in [6.07, 6.45) is 0. The molecular formula is C15H15BrN2O3. The fraction of sp³-hybridized carbons (Fsp3) is 0.133. The molecule has 110 valence electrons. The lowest BCUT2D eigenvalue weighted by Gasteiger charge is -2.10. The average Bonchev–Trinajstić information content (AvgIpc) is 2.50. The van der Waals surface area contributed by atoms with E-state index in [1.165, 1.54) is 7.11 Å². The number of ether oxygens (including phenoxy) is 2. The molecular weight excluding hydrogens is 336 g/mol. The molecule has 0 aliphatic carbocycles. The zero-order valence-corrected chi connectivity index (χ0v) is 13.2. The summed E-state index contributed by atoms with van der Waals surface area (Å²) < 4.78 is 11.1. The third-order valence-electron chi connectivity index (χ3n) is 2.90. The Bertz CT molecular complexity index is 674. The minimum absolute atomic E-state index is 0.243. The quantitative estimate of drug-likeness (QED) is 0.829. The number of nitrogen functional groups attached to an aromatic ring is 1. The largest absolute Gasteiger partial charge is 0.493 e. The topological polar surface area (TPSA) is 73.6 Å². The van der Waals surface area contributed by atoms with Gasteiger partial charge in [-0.25, -0.2) is 0 Å². The summed E-state index contributed by atoms with van der Waals surface area (Å²) in [5.74, 6) is 0.834. The summed E-state index contributed by atoms with van der Waals surface area (Å²) in [6.45, 7) is 0. The van der Waals surface area contributed by atoms with Crippen LogP contribution in [-0.4, -0.2) is 20.1 Å². The van der Waals surface area contributed by atoms with Crippen LogP contribution in [0.1, 0.15) is 10.4 Å². The van der Waals surface area contributed by atoms with Gasteiger partial charge in [0.1, 0.15) is 0 Å². The van der Waals surface area contributed by atoms with Crippen molar-refractivity contribution >= 4 is 33.2 Å². The number of carbonyl (C=O) groups is 1. The molecule has 2 aromatic rings. The molecule has 0 aliphatic heterocycles. The van der Waals surface area contributed by atoms with E-state index in [1.54, 1.807) is 43.5 Å². The molecule has 0 spiro atoms. The molecule has 3 N–H and O–H groups in total. The second kappa shape index (κ2) is 6.49. The molecule has 2 rings (SSSR count). The van der Waals surface area contributed by atoms with Crippen molar-refractivity contribution < 1.29 is 14.3 Å². The summed E-state index contributed by atoms with van der Waals surface area (Å²) in [6, 6.07) is 10.2. The van der Waals surface area contributed by atoms with Gasteiger partial charge in [0.25, 0.3) is 5.91 Å². The van der Waals surface area contributed by atoms with Crippen LogP contribution in [0.4, 0.5) is 11.4 Å². The molecule has 0 aliphatic rings. The van der Waals surface area contributed by atoms with Crippen molar-refractivity contribution in [1.82, 2.24) is 0 Å². The van der Waals surface area contributed by atoms with Crippen molar-refractivity contribution in [3.63, 3.8) is 0 Å². The molecule has 0 aromatic heterocycles. The molecule has 0 radical (unpaired) electrons. The summed E-state index contributed by atoms with van der Waals surface area (Å²) in [7, 11) is 3.07. The lowest BCUT2D eigenvalue weighted by molar-refractivity contribution is 0.102. The predicted octanol–water partition coefficient (Wildman–Crippen LogP) is 3.30. The standard InChI is InChI=1S/C15H15BrN2O3/c1-20-13-6-3-9(7-14(13)21-2)15(19)18-10-4-5-12(17)11(16)8-10/h3-8H,17H2,1-2H3,(H,18,19). The molecule has 1 amide bonds. The number of nitrogens with two attached hydrogens (primary N) is 1. The number of amides is 1. The highest BCUT2D eigenvalue weighted by Crippen LogP contribution is 2.28. The maximum atomic E-state index is 12.2. The maximum Gasteiger partial charge on any atom is 0.255 e. The van der Waals surface area contributed by atoms with E-state index in [2.05, 4.69) is 21.2 Å². The Morgan fingerprint density at radius 3 is 2.43 bits per heavy atom. The number of hydrogen-bond acceptors (Lipinski definition) is 4. The molecule has 0 bridgehead atoms. The smallest absolute Gasteiger partial charge is 0.255 e. The number of anilines is 2. The molecule has 0 atom stereocenters. The Balaban J connectivity index is 2.21. The molecule has 0 saturated carbocycles. The molecule has 0 saturated heterocycles. The molecule has 21 heavy (non-hydrogen) atoms. The minimum atomic E-state index is -0.243. The van der Waals surface area contributed by atoms with Crippen molar-refractivity contribution in [2.45, 2.75) is 0 Å². The number of nitrogens with one attached hydrogen (secondary N) is 1. The van der Waals surface area contributed by atoms with Crippen molar-refractivity contribution in [2.24, 2.45) is 0 Å². The van der Waals surface area contributed by atoms with Gasteiger partial charge in [0.15, 0.2) is 11.5 Å². The number of methoxy groups -OCH3 is 2. The van der Waals surface area contributed by atoms with Crippen LogP contribution in [0.5, 0.6) is 11.5 Å². The van der Waals surface area contributed by atoms with Crippen molar-refractivity contribution in [3.8, 4) is 11.5 Å². The van der Waals surface area contributed by atoms with E-state index in [0.717, 1.165) is 4.47 Å². The molecule has 0 unspecified atom stereocenters. The Hall–Kier alpha value is -2.21. The van der Waals surface area contributed by atoms with E-state index in [1.807, 2.05) is 0 Å². The highest BCUT2D eigenvalue weighted by atomic mass is 79.9. The van der Waals surface area contributed by atoms with Gasteiger partial charge in [0.05, 0.1) is 14.2 Å². The van der Waals surface area contributed by atoms with Crippen molar-refractivity contribution in [1.29, 1.82) is 0 Å². The van der Waals surface area contributed by atoms with E-state index < -0.39 is 0 Å². The molecule has 2 aromatic carbocycles. The number of hydrogen-bond donors (Lipinski definition) is 2. The first kappa shape index (κ1) is 15.2.